The molecule has 6 nitrogen and oxygen atoms in total. The molecule has 0 bridgehead atoms. The predicted octanol–water partition coefficient (Wildman–Crippen LogP) is -1.03. The molecule has 0 spiro atoms. The largest absolute Gasteiger partial charge is 0.481 e. The van der Waals surface area contributed by atoms with Crippen LogP contribution in [0.25, 0.3) is 0 Å². The number of carboxylic acid groups (broad SMARTS) is 1. The topological polar surface area (TPSA) is 72.9 Å². The first-order valence-corrected chi connectivity index (χ1v) is 5.95. The van der Waals surface area contributed by atoms with Crippen LogP contribution in [0.15, 0.2) is 0 Å². The Bertz CT molecular complexity index is 328. The summed E-state index contributed by atoms with van der Waals surface area (Å²) in [5.41, 5.74) is -0.354. The summed E-state index contributed by atoms with van der Waals surface area (Å²) < 4.78 is 0. The van der Waals surface area contributed by atoms with E-state index in [0.29, 0.717) is 19.6 Å². The van der Waals surface area contributed by atoms with Crippen molar-refractivity contribution >= 4 is 11.9 Å². The fourth-order valence-corrected chi connectivity index (χ4v) is 2.55. The first-order chi connectivity index (χ1) is 8.03. The summed E-state index contributed by atoms with van der Waals surface area (Å²) in [7, 11) is 1.80. The lowest BCUT2D eigenvalue weighted by atomic mass is 9.86. The number of hydrogen-bond acceptors (Lipinski definition) is 4. The number of amides is 1. The number of carboxylic acids is 1. The van der Waals surface area contributed by atoms with Crippen LogP contribution < -0.4 is 5.32 Å². The second-order valence-electron chi connectivity index (χ2n) is 4.99. The number of aliphatic carboxylic acids is 1. The molecule has 6 heteroatoms. The third kappa shape index (κ3) is 2.42. The molecular weight excluding hydrogens is 222 g/mol. The Kier molecular flexibility index (Phi) is 3.35. The molecule has 17 heavy (non-hydrogen) atoms. The van der Waals surface area contributed by atoms with Gasteiger partial charge < -0.3 is 15.3 Å². The first-order valence-electron chi connectivity index (χ1n) is 5.95. The van der Waals surface area contributed by atoms with Gasteiger partial charge in [0.1, 0.15) is 0 Å². The standard InChI is InChI=1S/C11H19N3O3/c1-13-3-2-4-14(6-9(13)15)11(5-10(16)17)7-12-8-11/h12H,2-8H2,1H3,(H,16,17). The normalized spacial score (nSPS) is 25.2. The number of nitrogens with zero attached hydrogens (tertiary/aromatic N) is 2. The van der Waals surface area contributed by atoms with Crippen LogP contribution in [0, 0.1) is 0 Å². The zero-order valence-electron chi connectivity index (χ0n) is 10.1. The van der Waals surface area contributed by atoms with Gasteiger partial charge in [-0.15, -0.1) is 0 Å². The molecule has 0 radical (unpaired) electrons. The van der Waals surface area contributed by atoms with Gasteiger partial charge in [-0.05, 0) is 6.42 Å². The molecule has 2 heterocycles. The molecule has 2 saturated heterocycles. The van der Waals surface area contributed by atoms with E-state index in [1.54, 1.807) is 11.9 Å². The predicted molar refractivity (Wildman–Crippen MR) is 61.7 cm³/mol. The molecule has 2 aliphatic heterocycles. The Hall–Kier alpha value is -1.14. The van der Waals surface area contributed by atoms with Gasteiger partial charge in [-0.3, -0.25) is 14.5 Å². The highest BCUT2D eigenvalue weighted by molar-refractivity contribution is 5.78. The summed E-state index contributed by atoms with van der Waals surface area (Å²) in [5.74, 6) is -0.712. The first kappa shape index (κ1) is 12.3. The van der Waals surface area contributed by atoms with E-state index in [0.717, 1.165) is 19.5 Å². The van der Waals surface area contributed by atoms with Gasteiger partial charge in [-0.25, -0.2) is 0 Å². The van der Waals surface area contributed by atoms with Crippen LogP contribution in [0.2, 0.25) is 0 Å². The van der Waals surface area contributed by atoms with Gasteiger partial charge in [-0.1, -0.05) is 0 Å². The third-order valence-electron chi connectivity index (χ3n) is 3.73. The van der Waals surface area contributed by atoms with Crippen molar-refractivity contribution in [1.82, 2.24) is 15.1 Å². The van der Waals surface area contributed by atoms with E-state index in [-0.39, 0.29) is 17.9 Å². The van der Waals surface area contributed by atoms with Crippen molar-refractivity contribution in [3.63, 3.8) is 0 Å². The lowest BCUT2D eigenvalue weighted by Crippen LogP contribution is -2.70. The Labute approximate surface area is 101 Å². The summed E-state index contributed by atoms with van der Waals surface area (Å²) >= 11 is 0. The number of carbonyl (C=O) groups is 2. The Morgan fingerprint density at radius 1 is 1.47 bits per heavy atom. The molecule has 96 valence electrons. The summed E-state index contributed by atoms with van der Waals surface area (Å²) in [6.07, 6.45) is 1.01. The minimum Gasteiger partial charge on any atom is -0.481 e. The van der Waals surface area contributed by atoms with Crippen LogP contribution >= 0.6 is 0 Å². The molecule has 0 aromatic rings. The van der Waals surface area contributed by atoms with Crippen LogP contribution in [0.1, 0.15) is 12.8 Å². The maximum atomic E-state index is 11.8. The molecule has 2 fully saturated rings. The van der Waals surface area contributed by atoms with Crippen molar-refractivity contribution in [1.29, 1.82) is 0 Å². The van der Waals surface area contributed by atoms with Crippen molar-refractivity contribution in [2.24, 2.45) is 0 Å². The summed E-state index contributed by atoms with van der Waals surface area (Å²) in [6, 6.07) is 0. The maximum Gasteiger partial charge on any atom is 0.305 e. The van der Waals surface area contributed by atoms with Crippen molar-refractivity contribution in [2.75, 3.05) is 39.8 Å². The van der Waals surface area contributed by atoms with Gasteiger partial charge >= 0.3 is 5.97 Å². The summed E-state index contributed by atoms with van der Waals surface area (Å²) in [6.45, 7) is 3.22. The molecule has 2 N–H and O–H groups in total. The molecule has 0 aromatic carbocycles. The quantitative estimate of drug-likeness (QED) is 0.661. The molecule has 0 aromatic heterocycles. The monoisotopic (exact) mass is 241 g/mol. The lowest BCUT2D eigenvalue weighted by molar-refractivity contribution is -0.143. The van der Waals surface area contributed by atoms with E-state index >= 15 is 0 Å². The van der Waals surface area contributed by atoms with E-state index in [1.165, 1.54) is 0 Å². The van der Waals surface area contributed by atoms with Gasteiger partial charge in [0.15, 0.2) is 0 Å². The van der Waals surface area contributed by atoms with Crippen LogP contribution in [-0.4, -0.2) is 72.1 Å². The number of likely N-dealkylation sites (N-methyl/N-ethyl adjacent to an activating group) is 1. The van der Waals surface area contributed by atoms with Crippen LogP contribution in [0.4, 0.5) is 0 Å². The van der Waals surface area contributed by atoms with Gasteiger partial charge in [0.2, 0.25) is 5.91 Å². The minimum atomic E-state index is -0.795. The highest BCUT2D eigenvalue weighted by Gasteiger charge is 2.45. The SMILES string of the molecule is CN1CCCN(C2(CC(=O)O)CNC2)CC1=O. The lowest BCUT2D eigenvalue weighted by Gasteiger charge is -2.49. The summed E-state index contributed by atoms with van der Waals surface area (Å²) in [5, 5.41) is 12.1. The third-order valence-corrected chi connectivity index (χ3v) is 3.73. The smallest absolute Gasteiger partial charge is 0.305 e. The zero-order chi connectivity index (χ0) is 12.5. The van der Waals surface area contributed by atoms with Crippen molar-refractivity contribution in [3.8, 4) is 0 Å². The minimum absolute atomic E-state index is 0.0826. The number of nitrogens with one attached hydrogen (secondary N) is 1. The maximum absolute atomic E-state index is 11.8. The van der Waals surface area contributed by atoms with Gasteiger partial charge in [0.05, 0.1) is 18.5 Å². The number of carbonyl (C=O) groups excluding carboxylic acids is 1. The van der Waals surface area contributed by atoms with Crippen LogP contribution in [0.3, 0.4) is 0 Å². The highest BCUT2D eigenvalue weighted by atomic mass is 16.4. The molecule has 0 unspecified atom stereocenters. The average molecular weight is 241 g/mol. The highest BCUT2D eigenvalue weighted by Crippen LogP contribution is 2.26. The van der Waals surface area contributed by atoms with Crippen LogP contribution in [0.5, 0.6) is 0 Å². The molecule has 1 amide bonds. The second kappa shape index (κ2) is 4.62. The average Bonchev–Trinajstić information content (AvgIpc) is 2.36. The Balaban J connectivity index is 2.08. The summed E-state index contributed by atoms with van der Waals surface area (Å²) in [4.78, 5) is 26.5. The van der Waals surface area contributed by atoms with Gasteiger partial charge in [0, 0.05) is 33.2 Å². The van der Waals surface area contributed by atoms with Gasteiger partial charge in [-0.2, -0.15) is 0 Å². The molecule has 0 aliphatic carbocycles. The fraction of sp³-hybridized carbons (Fsp3) is 0.818. The molecule has 0 saturated carbocycles. The number of hydrogen-bond donors (Lipinski definition) is 2. The van der Waals surface area contributed by atoms with E-state index < -0.39 is 5.97 Å². The van der Waals surface area contributed by atoms with E-state index in [2.05, 4.69) is 5.32 Å². The molecule has 2 rings (SSSR count). The second-order valence-corrected chi connectivity index (χ2v) is 4.99. The van der Waals surface area contributed by atoms with E-state index in [1.807, 2.05) is 4.90 Å². The van der Waals surface area contributed by atoms with E-state index in [9.17, 15) is 9.59 Å². The number of rotatable bonds is 3. The van der Waals surface area contributed by atoms with Crippen molar-refractivity contribution in [3.05, 3.63) is 0 Å². The fourth-order valence-electron chi connectivity index (χ4n) is 2.55. The van der Waals surface area contributed by atoms with Crippen molar-refractivity contribution in [2.45, 2.75) is 18.4 Å². The molecule has 2 aliphatic rings. The van der Waals surface area contributed by atoms with E-state index in [4.69, 9.17) is 5.11 Å². The van der Waals surface area contributed by atoms with Gasteiger partial charge in [0.25, 0.3) is 0 Å². The molecule has 0 atom stereocenters. The zero-order valence-corrected chi connectivity index (χ0v) is 10.1. The van der Waals surface area contributed by atoms with Crippen molar-refractivity contribution < 1.29 is 14.7 Å². The Morgan fingerprint density at radius 3 is 2.71 bits per heavy atom. The van der Waals surface area contributed by atoms with Crippen LogP contribution in [-0.2, 0) is 9.59 Å². The Morgan fingerprint density at radius 2 is 2.18 bits per heavy atom. The molecular formula is C11H19N3O3.